The maximum absolute atomic E-state index is 10.9. The minimum absolute atomic E-state index is 0.314. The number of ether oxygens (including phenoxy) is 1. The maximum Gasteiger partial charge on any atom is 0.341 e. The zero-order valence-corrected chi connectivity index (χ0v) is 16.2. The summed E-state index contributed by atoms with van der Waals surface area (Å²) in [5.41, 5.74) is 8.73. The highest BCUT2D eigenvalue weighted by molar-refractivity contribution is 5.73. The molecule has 5 nitrogen and oxygen atoms in total. The first-order valence-corrected chi connectivity index (χ1v) is 9.66. The summed E-state index contributed by atoms with van der Waals surface area (Å²) in [6.07, 6.45) is 4.09. The molecule has 1 aliphatic carbocycles. The van der Waals surface area contributed by atoms with E-state index in [1.807, 2.05) is 37.3 Å². The number of nitrogens with zero attached hydrogens (tertiary/aromatic N) is 1. The van der Waals surface area contributed by atoms with Crippen LogP contribution in [0.5, 0.6) is 5.75 Å². The van der Waals surface area contributed by atoms with E-state index in [2.05, 4.69) is 18.0 Å². The number of aliphatic carboxylic acids is 1. The van der Waals surface area contributed by atoms with E-state index in [0.29, 0.717) is 5.75 Å². The summed E-state index contributed by atoms with van der Waals surface area (Å²) in [5.74, 6) is -0.269. The van der Waals surface area contributed by atoms with Crippen LogP contribution in [-0.2, 0) is 17.6 Å². The fraction of sp³-hybridized carbons (Fsp3) is 0.304. The van der Waals surface area contributed by atoms with Gasteiger partial charge in [-0.3, -0.25) is 0 Å². The summed E-state index contributed by atoms with van der Waals surface area (Å²) in [6, 6.07) is 12.2. The number of pyridine rings is 1. The van der Waals surface area contributed by atoms with Crippen molar-refractivity contribution in [3.8, 4) is 28.3 Å². The second kappa shape index (κ2) is 7.50. The molecule has 2 N–H and O–H groups in total. The highest BCUT2D eigenvalue weighted by Gasteiger charge is 2.20. The Hall–Kier alpha value is -3.08. The Morgan fingerprint density at radius 3 is 2.46 bits per heavy atom. The van der Waals surface area contributed by atoms with Crippen LogP contribution in [0.15, 0.2) is 36.4 Å². The van der Waals surface area contributed by atoms with Gasteiger partial charge in [0.15, 0.2) is 6.61 Å². The fourth-order valence-corrected chi connectivity index (χ4v) is 4.07. The summed E-state index contributed by atoms with van der Waals surface area (Å²) < 4.78 is 5.54. The third kappa shape index (κ3) is 3.52. The van der Waals surface area contributed by atoms with Crippen LogP contribution in [0, 0.1) is 13.8 Å². The van der Waals surface area contributed by atoms with Gasteiger partial charge in [0, 0.05) is 22.5 Å². The summed E-state index contributed by atoms with van der Waals surface area (Å²) >= 11 is 0. The molecule has 1 aromatic carbocycles. The molecule has 1 aliphatic rings. The molecule has 0 atom stereocenters. The van der Waals surface area contributed by atoms with Crippen LogP contribution in [0.3, 0.4) is 0 Å². The van der Waals surface area contributed by atoms with Gasteiger partial charge in [-0.25, -0.2) is 9.78 Å². The number of rotatable bonds is 5. The zero-order chi connectivity index (χ0) is 19.7. The van der Waals surface area contributed by atoms with E-state index in [4.69, 9.17) is 14.8 Å². The minimum atomic E-state index is -0.958. The Labute approximate surface area is 164 Å². The normalized spacial score (nSPS) is 13.2. The number of benzene rings is 1. The molecule has 0 saturated carbocycles. The highest BCUT2D eigenvalue weighted by Crippen LogP contribution is 2.37. The summed E-state index contributed by atoms with van der Waals surface area (Å²) in [4.78, 5) is 19.2. The second-order valence-corrected chi connectivity index (χ2v) is 7.36. The molecule has 3 aromatic rings. The van der Waals surface area contributed by atoms with E-state index >= 15 is 0 Å². The molecule has 2 aromatic heterocycles. The Morgan fingerprint density at radius 2 is 1.79 bits per heavy atom. The summed E-state index contributed by atoms with van der Waals surface area (Å²) in [6.45, 7) is 3.80. The van der Waals surface area contributed by atoms with Crippen LogP contribution in [0.4, 0.5) is 0 Å². The van der Waals surface area contributed by atoms with Gasteiger partial charge in [0.1, 0.15) is 5.75 Å². The molecule has 2 heterocycles. The molecule has 4 rings (SSSR count). The van der Waals surface area contributed by atoms with Gasteiger partial charge in [-0.1, -0.05) is 6.07 Å². The maximum atomic E-state index is 10.9. The number of H-pyrrole nitrogens is 1. The van der Waals surface area contributed by atoms with Gasteiger partial charge in [0.25, 0.3) is 0 Å². The lowest BCUT2D eigenvalue weighted by Gasteiger charge is -2.22. The smallest absolute Gasteiger partial charge is 0.341 e. The van der Waals surface area contributed by atoms with Gasteiger partial charge in [-0.05, 0) is 81.0 Å². The monoisotopic (exact) mass is 376 g/mol. The number of fused-ring (bicyclic) bond motifs is 1. The lowest BCUT2D eigenvalue weighted by Crippen LogP contribution is -2.13. The van der Waals surface area contributed by atoms with Crippen molar-refractivity contribution in [3.05, 3.63) is 58.9 Å². The molecule has 0 saturated heterocycles. The van der Waals surface area contributed by atoms with Crippen LogP contribution in [0.1, 0.15) is 35.4 Å². The molecule has 0 spiro atoms. The number of aryl methyl sites for hydroxylation is 2. The SMILES string of the molecule is Cc1cc(-c2cccc(-c3ccc(OCC(=O)O)c4c3CCCC4)n2)c(C)[nH]1. The van der Waals surface area contributed by atoms with E-state index < -0.39 is 5.97 Å². The van der Waals surface area contributed by atoms with Crippen molar-refractivity contribution >= 4 is 5.97 Å². The molecule has 0 fully saturated rings. The average molecular weight is 376 g/mol. The topological polar surface area (TPSA) is 75.2 Å². The van der Waals surface area contributed by atoms with Crippen molar-refractivity contribution in [2.75, 3.05) is 6.61 Å². The van der Waals surface area contributed by atoms with Crippen LogP contribution >= 0.6 is 0 Å². The first kappa shape index (κ1) is 18.3. The number of aromatic nitrogens is 2. The summed E-state index contributed by atoms with van der Waals surface area (Å²) in [5, 5.41) is 8.94. The van der Waals surface area contributed by atoms with E-state index in [1.165, 1.54) is 5.56 Å². The molecule has 0 amide bonds. The van der Waals surface area contributed by atoms with Crippen molar-refractivity contribution in [1.82, 2.24) is 9.97 Å². The van der Waals surface area contributed by atoms with E-state index in [-0.39, 0.29) is 6.61 Å². The van der Waals surface area contributed by atoms with Crippen LogP contribution < -0.4 is 4.74 Å². The van der Waals surface area contributed by atoms with E-state index in [1.54, 1.807) is 0 Å². The molecule has 28 heavy (non-hydrogen) atoms. The fourth-order valence-electron chi connectivity index (χ4n) is 4.07. The lowest BCUT2D eigenvalue weighted by molar-refractivity contribution is -0.139. The number of aromatic amines is 1. The lowest BCUT2D eigenvalue weighted by atomic mass is 9.86. The predicted molar refractivity (Wildman–Crippen MR) is 109 cm³/mol. The third-order valence-corrected chi connectivity index (χ3v) is 5.29. The van der Waals surface area contributed by atoms with Crippen molar-refractivity contribution in [3.63, 3.8) is 0 Å². The number of nitrogens with one attached hydrogen (secondary N) is 1. The Morgan fingerprint density at radius 1 is 1.07 bits per heavy atom. The predicted octanol–water partition coefficient (Wildman–Crippen LogP) is 4.70. The number of carbonyl (C=O) groups is 1. The molecule has 0 radical (unpaired) electrons. The molecular formula is C23H24N2O3. The van der Waals surface area contributed by atoms with Crippen LogP contribution in [0.2, 0.25) is 0 Å². The quantitative estimate of drug-likeness (QED) is 0.677. The molecule has 144 valence electrons. The van der Waals surface area contributed by atoms with Crippen molar-refractivity contribution < 1.29 is 14.6 Å². The minimum Gasteiger partial charge on any atom is -0.482 e. The number of carboxylic acid groups (broad SMARTS) is 1. The Bertz CT molecular complexity index is 1040. The first-order chi connectivity index (χ1) is 13.5. The Balaban J connectivity index is 1.76. The van der Waals surface area contributed by atoms with Gasteiger partial charge >= 0.3 is 5.97 Å². The van der Waals surface area contributed by atoms with Crippen LogP contribution in [0.25, 0.3) is 22.5 Å². The molecule has 0 bridgehead atoms. The van der Waals surface area contributed by atoms with Gasteiger partial charge in [-0.2, -0.15) is 0 Å². The third-order valence-electron chi connectivity index (χ3n) is 5.29. The van der Waals surface area contributed by atoms with Crippen molar-refractivity contribution in [2.24, 2.45) is 0 Å². The molecular weight excluding hydrogens is 352 g/mol. The highest BCUT2D eigenvalue weighted by atomic mass is 16.5. The zero-order valence-electron chi connectivity index (χ0n) is 16.2. The molecule has 0 unspecified atom stereocenters. The van der Waals surface area contributed by atoms with Gasteiger partial charge < -0.3 is 14.8 Å². The summed E-state index contributed by atoms with van der Waals surface area (Å²) in [7, 11) is 0. The van der Waals surface area contributed by atoms with Crippen molar-refractivity contribution in [1.29, 1.82) is 0 Å². The van der Waals surface area contributed by atoms with E-state index in [0.717, 1.165) is 65.1 Å². The van der Waals surface area contributed by atoms with Gasteiger partial charge in [-0.15, -0.1) is 0 Å². The van der Waals surface area contributed by atoms with Gasteiger partial charge in [0.2, 0.25) is 0 Å². The standard InChI is InChI=1S/C23H24N2O3/c1-14-12-19(15(2)24-14)21-9-5-8-20(25-21)17-10-11-22(28-13-23(26)27)18-7-4-3-6-16(17)18/h5,8-12,24H,3-4,6-7,13H2,1-2H3,(H,26,27). The molecule has 5 heteroatoms. The van der Waals surface area contributed by atoms with Crippen molar-refractivity contribution in [2.45, 2.75) is 39.5 Å². The number of hydrogen-bond acceptors (Lipinski definition) is 3. The average Bonchev–Trinajstić information content (AvgIpc) is 3.04. The number of hydrogen-bond donors (Lipinski definition) is 2. The Kier molecular flexibility index (Phi) is 4.90. The van der Waals surface area contributed by atoms with E-state index in [9.17, 15) is 4.79 Å². The largest absolute Gasteiger partial charge is 0.482 e. The van der Waals surface area contributed by atoms with Crippen LogP contribution in [-0.4, -0.2) is 27.7 Å². The molecule has 0 aliphatic heterocycles. The van der Waals surface area contributed by atoms with Gasteiger partial charge in [0.05, 0.1) is 11.4 Å². The number of carboxylic acids is 1. The second-order valence-electron chi connectivity index (χ2n) is 7.36. The first-order valence-electron chi connectivity index (χ1n) is 9.66.